The van der Waals surface area contributed by atoms with Crippen LogP contribution in [0, 0.1) is 0 Å². The molecule has 112 valence electrons. The first-order chi connectivity index (χ1) is 10.2. The Morgan fingerprint density at radius 3 is 2.14 bits per heavy atom. The van der Waals surface area contributed by atoms with Gasteiger partial charge in [-0.05, 0) is 41.8 Å². The van der Waals surface area contributed by atoms with Gasteiger partial charge in [0.25, 0.3) is 0 Å². The summed E-state index contributed by atoms with van der Waals surface area (Å²) in [6.45, 7) is 2.90. The zero-order chi connectivity index (χ0) is 15.1. The zero-order valence-electron chi connectivity index (χ0n) is 12.2. The minimum Gasteiger partial charge on any atom is -0.494 e. The molecule has 0 spiro atoms. The van der Waals surface area contributed by atoms with Gasteiger partial charge in [-0.3, -0.25) is 5.84 Å². The topological polar surface area (TPSA) is 47.3 Å². The molecule has 0 heterocycles. The van der Waals surface area contributed by atoms with Gasteiger partial charge in [-0.15, -0.1) is 0 Å². The van der Waals surface area contributed by atoms with Crippen molar-refractivity contribution in [3.63, 3.8) is 0 Å². The molecule has 4 heteroatoms. The third-order valence-electron chi connectivity index (χ3n) is 3.35. The minimum absolute atomic E-state index is 0.0630. The molecule has 0 aliphatic heterocycles. The SMILES string of the molecule is CCCCOc1ccc(C(NN)c2ccc(Cl)cc2)cc1. The molecule has 1 unspecified atom stereocenters. The van der Waals surface area contributed by atoms with Gasteiger partial charge in [-0.25, -0.2) is 5.43 Å². The molecule has 0 aliphatic rings. The van der Waals surface area contributed by atoms with Gasteiger partial charge in [-0.2, -0.15) is 0 Å². The molecule has 0 saturated carbocycles. The van der Waals surface area contributed by atoms with Crippen molar-refractivity contribution in [1.82, 2.24) is 5.43 Å². The maximum absolute atomic E-state index is 5.92. The van der Waals surface area contributed by atoms with Crippen molar-refractivity contribution in [1.29, 1.82) is 0 Å². The molecule has 0 saturated heterocycles. The van der Waals surface area contributed by atoms with Crippen LogP contribution in [0.4, 0.5) is 0 Å². The average molecular weight is 305 g/mol. The van der Waals surface area contributed by atoms with E-state index in [1.54, 1.807) is 0 Å². The first-order valence-electron chi connectivity index (χ1n) is 7.19. The molecule has 3 nitrogen and oxygen atoms in total. The lowest BCUT2D eigenvalue weighted by atomic mass is 9.99. The summed E-state index contributed by atoms with van der Waals surface area (Å²) in [7, 11) is 0. The highest BCUT2D eigenvalue weighted by molar-refractivity contribution is 6.30. The number of rotatable bonds is 7. The van der Waals surface area contributed by atoms with Gasteiger partial charge in [-0.1, -0.05) is 49.2 Å². The third-order valence-corrected chi connectivity index (χ3v) is 3.60. The van der Waals surface area contributed by atoms with Crippen molar-refractivity contribution < 1.29 is 4.74 Å². The molecule has 21 heavy (non-hydrogen) atoms. The lowest BCUT2D eigenvalue weighted by Crippen LogP contribution is -2.28. The fourth-order valence-electron chi connectivity index (χ4n) is 2.13. The Balaban J connectivity index is 2.09. The molecule has 1 atom stereocenters. The van der Waals surface area contributed by atoms with Crippen LogP contribution >= 0.6 is 11.6 Å². The van der Waals surface area contributed by atoms with E-state index < -0.39 is 0 Å². The Morgan fingerprint density at radius 1 is 1.05 bits per heavy atom. The lowest BCUT2D eigenvalue weighted by molar-refractivity contribution is 0.309. The van der Waals surface area contributed by atoms with Crippen LogP contribution in [0.15, 0.2) is 48.5 Å². The van der Waals surface area contributed by atoms with Crippen molar-refractivity contribution in [2.24, 2.45) is 5.84 Å². The largest absolute Gasteiger partial charge is 0.494 e. The second-order valence-electron chi connectivity index (χ2n) is 4.92. The summed E-state index contributed by atoms with van der Waals surface area (Å²) >= 11 is 5.92. The summed E-state index contributed by atoms with van der Waals surface area (Å²) in [5.74, 6) is 6.58. The number of ether oxygens (including phenoxy) is 1. The van der Waals surface area contributed by atoms with E-state index in [4.69, 9.17) is 22.2 Å². The summed E-state index contributed by atoms with van der Waals surface area (Å²) in [6, 6.07) is 15.6. The van der Waals surface area contributed by atoms with Crippen LogP contribution in [0.2, 0.25) is 5.02 Å². The summed E-state index contributed by atoms with van der Waals surface area (Å²) in [5.41, 5.74) is 5.00. The van der Waals surface area contributed by atoms with Crippen LogP contribution in [0.1, 0.15) is 36.9 Å². The average Bonchev–Trinajstić information content (AvgIpc) is 2.52. The first kappa shape index (κ1) is 15.8. The van der Waals surface area contributed by atoms with E-state index in [0.717, 1.165) is 36.3 Å². The van der Waals surface area contributed by atoms with E-state index in [9.17, 15) is 0 Å². The Hall–Kier alpha value is -1.55. The van der Waals surface area contributed by atoms with Crippen LogP contribution in [-0.2, 0) is 0 Å². The van der Waals surface area contributed by atoms with Crippen LogP contribution in [0.25, 0.3) is 0 Å². The zero-order valence-corrected chi connectivity index (χ0v) is 12.9. The van der Waals surface area contributed by atoms with Crippen LogP contribution in [-0.4, -0.2) is 6.61 Å². The Kier molecular flexibility index (Phi) is 6.05. The van der Waals surface area contributed by atoms with E-state index >= 15 is 0 Å². The van der Waals surface area contributed by atoms with Crippen LogP contribution in [0.3, 0.4) is 0 Å². The highest BCUT2D eigenvalue weighted by Crippen LogP contribution is 2.24. The maximum atomic E-state index is 5.92. The quantitative estimate of drug-likeness (QED) is 0.460. The predicted octanol–water partition coefficient (Wildman–Crippen LogP) is 4.07. The smallest absolute Gasteiger partial charge is 0.119 e. The second kappa shape index (κ2) is 8.03. The van der Waals surface area contributed by atoms with Gasteiger partial charge in [0.1, 0.15) is 5.75 Å². The Morgan fingerprint density at radius 2 is 1.62 bits per heavy atom. The van der Waals surface area contributed by atoms with Crippen molar-refractivity contribution in [2.45, 2.75) is 25.8 Å². The third kappa shape index (κ3) is 4.46. The molecular weight excluding hydrogens is 284 g/mol. The monoisotopic (exact) mass is 304 g/mol. The number of hydrogen-bond donors (Lipinski definition) is 2. The van der Waals surface area contributed by atoms with E-state index in [2.05, 4.69) is 12.3 Å². The van der Waals surface area contributed by atoms with Crippen molar-refractivity contribution >= 4 is 11.6 Å². The van der Waals surface area contributed by atoms with Crippen molar-refractivity contribution in [2.75, 3.05) is 6.61 Å². The molecule has 0 aromatic heterocycles. The molecule has 3 N–H and O–H groups in total. The molecule has 0 radical (unpaired) electrons. The number of hydrazine groups is 1. The first-order valence-corrected chi connectivity index (χ1v) is 7.56. The highest BCUT2D eigenvalue weighted by Gasteiger charge is 2.12. The summed E-state index contributed by atoms with van der Waals surface area (Å²) in [4.78, 5) is 0. The Bertz CT molecular complexity index is 540. The van der Waals surface area contributed by atoms with Gasteiger partial charge in [0.15, 0.2) is 0 Å². The van der Waals surface area contributed by atoms with Gasteiger partial charge < -0.3 is 4.74 Å². The molecule has 0 bridgehead atoms. The number of benzene rings is 2. The molecule has 0 aliphatic carbocycles. The maximum Gasteiger partial charge on any atom is 0.119 e. The summed E-state index contributed by atoms with van der Waals surface area (Å²) in [6.07, 6.45) is 2.20. The molecular formula is C17H21ClN2O. The fourth-order valence-corrected chi connectivity index (χ4v) is 2.26. The Labute approximate surface area is 131 Å². The van der Waals surface area contributed by atoms with Crippen LogP contribution < -0.4 is 16.0 Å². The molecule has 0 amide bonds. The summed E-state index contributed by atoms with van der Waals surface area (Å²) < 4.78 is 5.67. The number of unbranched alkanes of at least 4 members (excludes halogenated alkanes) is 1. The molecule has 2 rings (SSSR count). The van der Waals surface area contributed by atoms with Gasteiger partial charge in [0.2, 0.25) is 0 Å². The van der Waals surface area contributed by atoms with E-state index in [1.165, 1.54) is 0 Å². The number of halogens is 1. The number of hydrogen-bond acceptors (Lipinski definition) is 3. The van der Waals surface area contributed by atoms with E-state index in [-0.39, 0.29) is 6.04 Å². The molecule has 2 aromatic rings. The fraction of sp³-hybridized carbons (Fsp3) is 0.294. The van der Waals surface area contributed by atoms with E-state index in [0.29, 0.717) is 5.02 Å². The number of nitrogens with two attached hydrogens (primary N) is 1. The van der Waals surface area contributed by atoms with E-state index in [1.807, 2.05) is 48.5 Å². The second-order valence-corrected chi connectivity index (χ2v) is 5.36. The minimum atomic E-state index is -0.0630. The molecule has 0 fully saturated rings. The normalized spacial score (nSPS) is 12.1. The van der Waals surface area contributed by atoms with Crippen molar-refractivity contribution in [3.8, 4) is 5.75 Å². The van der Waals surface area contributed by atoms with Crippen molar-refractivity contribution in [3.05, 3.63) is 64.7 Å². The van der Waals surface area contributed by atoms with Gasteiger partial charge >= 0.3 is 0 Å². The number of nitrogens with one attached hydrogen (secondary N) is 1. The predicted molar refractivity (Wildman–Crippen MR) is 87.5 cm³/mol. The standard InChI is InChI=1S/C17H21ClN2O/c1-2-3-12-21-16-10-6-14(7-11-16)17(20-19)13-4-8-15(18)9-5-13/h4-11,17,20H,2-3,12,19H2,1H3. The van der Waals surface area contributed by atoms with Gasteiger partial charge in [0.05, 0.1) is 12.6 Å². The van der Waals surface area contributed by atoms with Crippen LogP contribution in [0.5, 0.6) is 5.75 Å². The molecule has 2 aromatic carbocycles. The lowest BCUT2D eigenvalue weighted by Gasteiger charge is -2.17. The highest BCUT2D eigenvalue weighted by atomic mass is 35.5. The van der Waals surface area contributed by atoms with Gasteiger partial charge in [0, 0.05) is 5.02 Å². The summed E-state index contributed by atoms with van der Waals surface area (Å²) in [5, 5.41) is 0.717.